The Hall–Kier alpha value is -2.93. The topological polar surface area (TPSA) is 76.1 Å². The number of ether oxygens (including phenoxy) is 2. The largest absolute Gasteiger partial charge is 0.481 e. The van der Waals surface area contributed by atoms with E-state index >= 15 is 0 Å². The lowest BCUT2D eigenvalue weighted by molar-refractivity contribution is -0.141. The molecule has 2 aromatic rings. The van der Waals surface area contributed by atoms with Gasteiger partial charge in [0.1, 0.15) is 17.3 Å². The summed E-state index contributed by atoms with van der Waals surface area (Å²) in [6, 6.07) is 12.3. The maximum absolute atomic E-state index is 13.2. The fourth-order valence-corrected chi connectivity index (χ4v) is 2.74. The van der Waals surface area contributed by atoms with Gasteiger partial charge in [0.25, 0.3) is 5.91 Å². The Morgan fingerprint density at radius 3 is 2.65 bits per heavy atom. The molecule has 1 amide bonds. The van der Waals surface area contributed by atoms with E-state index in [-0.39, 0.29) is 18.9 Å². The number of morpholine rings is 1. The molecule has 0 aromatic heterocycles. The van der Waals surface area contributed by atoms with Crippen LogP contribution in [-0.2, 0) is 9.53 Å². The summed E-state index contributed by atoms with van der Waals surface area (Å²) in [6.45, 7) is 0.966. The third kappa shape index (κ3) is 4.58. The highest BCUT2D eigenvalue weighted by Gasteiger charge is 2.26. The van der Waals surface area contributed by atoms with Gasteiger partial charge in [0, 0.05) is 24.7 Å². The first kappa shape index (κ1) is 17.9. The Kier molecular flexibility index (Phi) is 5.48. The van der Waals surface area contributed by atoms with E-state index in [1.165, 1.54) is 12.1 Å². The number of amides is 1. The molecule has 7 heteroatoms. The van der Waals surface area contributed by atoms with E-state index in [1.54, 1.807) is 41.3 Å². The molecule has 2 aromatic carbocycles. The lowest BCUT2D eigenvalue weighted by Gasteiger charge is -2.32. The van der Waals surface area contributed by atoms with Crippen LogP contribution in [-0.4, -0.2) is 47.7 Å². The number of hydrogen-bond donors (Lipinski definition) is 1. The van der Waals surface area contributed by atoms with Gasteiger partial charge in [-0.1, -0.05) is 6.07 Å². The normalized spacial score (nSPS) is 17.0. The van der Waals surface area contributed by atoms with E-state index in [4.69, 9.17) is 14.6 Å². The van der Waals surface area contributed by atoms with Gasteiger partial charge in [0.05, 0.1) is 19.1 Å². The van der Waals surface area contributed by atoms with Gasteiger partial charge in [-0.25, -0.2) is 4.39 Å². The van der Waals surface area contributed by atoms with Crippen LogP contribution in [0, 0.1) is 5.82 Å². The molecule has 26 heavy (non-hydrogen) atoms. The number of hydrogen-bond acceptors (Lipinski definition) is 4. The van der Waals surface area contributed by atoms with Gasteiger partial charge in [-0.15, -0.1) is 0 Å². The molecule has 1 unspecified atom stereocenters. The Morgan fingerprint density at radius 2 is 1.96 bits per heavy atom. The molecule has 0 bridgehead atoms. The van der Waals surface area contributed by atoms with Gasteiger partial charge in [-0.3, -0.25) is 9.59 Å². The molecule has 1 fully saturated rings. The second-order valence-electron chi connectivity index (χ2n) is 5.93. The van der Waals surface area contributed by atoms with Crippen LogP contribution >= 0.6 is 0 Å². The minimum Gasteiger partial charge on any atom is -0.481 e. The van der Waals surface area contributed by atoms with E-state index in [1.807, 2.05) is 0 Å². The highest BCUT2D eigenvalue weighted by Crippen LogP contribution is 2.23. The summed E-state index contributed by atoms with van der Waals surface area (Å²) in [7, 11) is 0. The molecule has 0 aliphatic carbocycles. The SMILES string of the molecule is O=C(O)CC1CN(C(=O)c2ccc(Oc3cccc(F)c3)cc2)CCO1. The van der Waals surface area contributed by atoms with Gasteiger partial charge in [-0.05, 0) is 36.4 Å². The van der Waals surface area contributed by atoms with Gasteiger partial charge < -0.3 is 19.5 Å². The van der Waals surface area contributed by atoms with Gasteiger partial charge in [0.2, 0.25) is 0 Å². The Bertz CT molecular complexity index is 793. The van der Waals surface area contributed by atoms with E-state index in [9.17, 15) is 14.0 Å². The first-order valence-electron chi connectivity index (χ1n) is 8.17. The van der Waals surface area contributed by atoms with Gasteiger partial charge >= 0.3 is 5.97 Å². The Labute approximate surface area is 149 Å². The quantitative estimate of drug-likeness (QED) is 0.888. The van der Waals surface area contributed by atoms with Crippen molar-refractivity contribution in [3.63, 3.8) is 0 Å². The highest BCUT2D eigenvalue weighted by atomic mass is 19.1. The number of carbonyl (C=O) groups excluding carboxylic acids is 1. The molecule has 3 rings (SSSR count). The third-order valence-corrected chi connectivity index (χ3v) is 3.96. The van der Waals surface area contributed by atoms with Crippen LogP contribution < -0.4 is 4.74 Å². The van der Waals surface area contributed by atoms with Crippen molar-refractivity contribution in [1.29, 1.82) is 0 Å². The van der Waals surface area contributed by atoms with E-state index in [0.717, 1.165) is 0 Å². The monoisotopic (exact) mass is 359 g/mol. The minimum atomic E-state index is -0.955. The molecule has 1 saturated heterocycles. The number of nitrogens with zero attached hydrogens (tertiary/aromatic N) is 1. The standard InChI is InChI=1S/C19H18FNO5/c20-14-2-1-3-16(10-14)26-15-6-4-13(5-7-15)19(24)21-8-9-25-17(12-21)11-18(22)23/h1-7,10,17H,8-9,11-12H2,(H,22,23). The summed E-state index contributed by atoms with van der Waals surface area (Å²) in [5.74, 6) is -0.687. The van der Waals surface area contributed by atoms with Crippen LogP contribution in [0.2, 0.25) is 0 Å². The molecule has 0 radical (unpaired) electrons. The predicted octanol–water partition coefficient (Wildman–Crippen LogP) is 2.93. The second kappa shape index (κ2) is 7.97. The fraction of sp³-hybridized carbons (Fsp3) is 0.263. The number of carbonyl (C=O) groups is 2. The smallest absolute Gasteiger partial charge is 0.306 e. The van der Waals surface area contributed by atoms with Gasteiger partial charge in [0.15, 0.2) is 0 Å². The minimum absolute atomic E-state index is 0.135. The third-order valence-electron chi connectivity index (χ3n) is 3.96. The van der Waals surface area contributed by atoms with Crippen LogP contribution in [0.15, 0.2) is 48.5 Å². The molecule has 1 aliphatic heterocycles. The molecule has 1 heterocycles. The molecule has 1 aliphatic rings. The summed E-state index contributed by atoms with van der Waals surface area (Å²) in [6.07, 6.45) is -0.634. The summed E-state index contributed by atoms with van der Waals surface area (Å²) >= 11 is 0. The van der Waals surface area contributed by atoms with Crippen molar-refractivity contribution in [1.82, 2.24) is 4.90 Å². The number of carboxylic acids is 1. The number of halogens is 1. The maximum Gasteiger partial charge on any atom is 0.306 e. The second-order valence-corrected chi connectivity index (χ2v) is 5.93. The van der Waals surface area contributed by atoms with Crippen molar-refractivity contribution in [3.05, 3.63) is 59.9 Å². The summed E-state index contributed by atoms with van der Waals surface area (Å²) in [5.41, 5.74) is 0.465. The van der Waals surface area contributed by atoms with Crippen molar-refractivity contribution in [2.24, 2.45) is 0 Å². The zero-order valence-corrected chi connectivity index (χ0v) is 13.9. The average molecular weight is 359 g/mol. The van der Waals surface area contributed by atoms with Crippen LogP contribution in [0.1, 0.15) is 16.8 Å². The lowest BCUT2D eigenvalue weighted by atomic mass is 10.1. The number of carboxylic acid groups (broad SMARTS) is 1. The summed E-state index contributed by atoms with van der Waals surface area (Å²) in [4.78, 5) is 25.0. The highest BCUT2D eigenvalue weighted by molar-refractivity contribution is 5.94. The molecule has 1 atom stereocenters. The molecule has 1 N–H and O–H groups in total. The average Bonchev–Trinajstić information content (AvgIpc) is 2.61. The first-order chi connectivity index (χ1) is 12.5. The molecule has 0 spiro atoms. The summed E-state index contributed by atoms with van der Waals surface area (Å²) < 4.78 is 24.1. The van der Waals surface area contributed by atoms with Crippen LogP contribution in [0.25, 0.3) is 0 Å². The number of benzene rings is 2. The Balaban J connectivity index is 1.64. The van der Waals surface area contributed by atoms with Crippen molar-refractivity contribution >= 4 is 11.9 Å². The zero-order valence-electron chi connectivity index (χ0n) is 13.9. The van der Waals surface area contributed by atoms with Gasteiger partial charge in [-0.2, -0.15) is 0 Å². The van der Waals surface area contributed by atoms with E-state index < -0.39 is 17.9 Å². The number of aliphatic carboxylic acids is 1. The maximum atomic E-state index is 13.2. The van der Waals surface area contributed by atoms with Crippen molar-refractivity contribution < 1.29 is 28.6 Å². The van der Waals surface area contributed by atoms with Crippen molar-refractivity contribution in [2.75, 3.05) is 19.7 Å². The van der Waals surface area contributed by atoms with Crippen LogP contribution in [0.3, 0.4) is 0 Å². The Morgan fingerprint density at radius 1 is 1.19 bits per heavy atom. The predicted molar refractivity (Wildman–Crippen MR) is 90.8 cm³/mol. The molecule has 136 valence electrons. The van der Waals surface area contributed by atoms with Crippen molar-refractivity contribution in [3.8, 4) is 11.5 Å². The lowest BCUT2D eigenvalue weighted by Crippen LogP contribution is -2.46. The first-order valence-corrected chi connectivity index (χ1v) is 8.17. The van der Waals surface area contributed by atoms with E-state index in [0.29, 0.717) is 30.2 Å². The van der Waals surface area contributed by atoms with E-state index in [2.05, 4.69) is 0 Å². The fourth-order valence-electron chi connectivity index (χ4n) is 2.74. The molecular weight excluding hydrogens is 341 g/mol. The van der Waals surface area contributed by atoms with Crippen molar-refractivity contribution in [2.45, 2.75) is 12.5 Å². The molecular formula is C19H18FNO5. The van der Waals surface area contributed by atoms with Crippen LogP contribution in [0.5, 0.6) is 11.5 Å². The molecule has 6 nitrogen and oxygen atoms in total. The molecule has 0 saturated carbocycles. The van der Waals surface area contributed by atoms with Crippen LogP contribution in [0.4, 0.5) is 4.39 Å². The zero-order chi connectivity index (χ0) is 18.5. The number of rotatable bonds is 5. The summed E-state index contributed by atoms with van der Waals surface area (Å²) in [5, 5.41) is 8.86.